The lowest BCUT2D eigenvalue weighted by Gasteiger charge is -2.32. The van der Waals surface area contributed by atoms with Crippen molar-refractivity contribution in [2.24, 2.45) is 0 Å². The normalized spacial score (nSPS) is 14.3. The molecule has 1 fully saturated rings. The van der Waals surface area contributed by atoms with Gasteiger partial charge in [-0.25, -0.2) is 9.97 Å². The van der Waals surface area contributed by atoms with Gasteiger partial charge in [0.25, 0.3) is 5.91 Å². The van der Waals surface area contributed by atoms with E-state index in [1.807, 2.05) is 60.8 Å². The Hall–Kier alpha value is -4.76. The van der Waals surface area contributed by atoms with Gasteiger partial charge in [0.2, 0.25) is 5.88 Å². The number of aromatic nitrogens is 4. The molecule has 0 aliphatic carbocycles. The fourth-order valence-electron chi connectivity index (χ4n) is 5.17. The van der Waals surface area contributed by atoms with Crippen LogP contribution in [-0.2, 0) is 6.54 Å². The van der Waals surface area contributed by atoms with Gasteiger partial charge in [0.1, 0.15) is 11.6 Å². The van der Waals surface area contributed by atoms with Crippen LogP contribution >= 0.6 is 0 Å². The van der Waals surface area contributed by atoms with E-state index in [0.29, 0.717) is 28.3 Å². The molecule has 3 aromatic heterocycles. The van der Waals surface area contributed by atoms with Crippen molar-refractivity contribution in [2.45, 2.75) is 25.4 Å². The highest BCUT2D eigenvalue weighted by Gasteiger charge is 2.22. The maximum absolute atomic E-state index is 13.1. The van der Waals surface area contributed by atoms with Crippen LogP contribution in [0.4, 0.5) is 0 Å². The summed E-state index contributed by atoms with van der Waals surface area (Å²) >= 11 is 0. The van der Waals surface area contributed by atoms with Crippen molar-refractivity contribution in [2.75, 3.05) is 20.2 Å². The fraction of sp³-hybridized carbons (Fsp3) is 0.226. The predicted molar refractivity (Wildman–Crippen MR) is 153 cm³/mol. The molecule has 0 spiro atoms. The number of nitrogens with one attached hydrogen (secondary N) is 2. The highest BCUT2D eigenvalue weighted by Crippen LogP contribution is 2.35. The van der Waals surface area contributed by atoms with E-state index in [1.54, 1.807) is 25.4 Å². The van der Waals surface area contributed by atoms with Crippen LogP contribution in [0.5, 0.6) is 11.6 Å². The van der Waals surface area contributed by atoms with E-state index >= 15 is 0 Å². The minimum absolute atomic E-state index is 0.0954. The van der Waals surface area contributed by atoms with Gasteiger partial charge in [-0.15, -0.1) is 0 Å². The molecule has 1 aliphatic heterocycles. The van der Waals surface area contributed by atoms with Gasteiger partial charge in [-0.05, 0) is 73.0 Å². The van der Waals surface area contributed by atoms with Crippen LogP contribution in [0.2, 0.25) is 0 Å². The number of nitrogens with zero attached hydrogens (tertiary/aromatic N) is 4. The summed E-state index contributed by atoms with van der Waals surface area (Å²) in [6, 6.07) is 20.6. The lowest BCUT2D eigenvalue weighted by molar-refractivity contribution is 0.0908. The Morgan fingerprint density at radius 1 is 1.02 bits per heavy atom. The van der Waals surface area contributed by atoms with Gasteiger partial charge in [-0.2, -0.15) is 0 Å². The van der Waals surface area contributed by atoms with Crippen molar-refractivity contribution in [3.63, 3.8) is 0 Å². The van der Waals surface area contributed by atoms with Gasteiger partial charge >= 0.3 is 0 Å². The summed E-state index contributed by atoms with van der Waals surface area (Å²) in [6.45, 7) is 2.66. The first-order chi connectivity index (χ1) is 19.6. The summed E-state index contributed by atoms with van der Waals surface area (Å²) in [5.41, 5.74) is 5.25. The number of likely N-dealkylation sites (tertiary alicyclic amines) is 1. The standard InChI is InChI=1S/C31H30N6O3/c1-40-31-24(6-4-14-33-31)20-8-10-28(38)25(17-20)29-35-26-9-7-21(18-27(26)36-29)30(39)34-22-11-15-37(16-12-22)19-23-5-2-3-13-32-23/h2-10,13-14,17-18,22,38H,11-12,15-16,19H2,1H3,(H,34,39)(H,35,36). The number of hydrogen-bond donors (Lipinski definition) is 3. The predicted octanol–water partition coefficient (Wildman–Crippen LogP) is 4.80. The highest BCUT2D eigenvalue weighted by molar-refractivity contribution is 5.98. The van der Waals surface area contributed by atoms with Crippen LogP contribution in [0.1, 0.15) is 28.9 Å². The highest BCUT2D eigenvalue weighted by atomic mass is 16.5. The quantitative estimate of drug-likeness (QED) is 0.275. The second-order valence-electron chi connectivity index (χ2n) is 9.95. The van der Waals surface area contributed by atoms with Gasteiger partial charge in [0, 0.05) is 49.2 Å². The number of hydrogen-bond acceptors (Lipinski definition) is 7. The molecule has 0 radical (unpaired) electrons. The number of fused-ring (bicyclic) bond motifs is 1. The number of piperidine rings is 1. The fourth-order valence-corrected chi connectivity index (χ4v) is 5.17. The van der Waals surface area contributed by atoms with Crippen molar-refractivity contribution >= 4 is 16.9 Å². The first-order valence-electron chi connectivity index (χ1n) is 13.3. The number of imidazole rings is 1. The summed E-state index contributed by atoms with van der Waals surface area (Å²) in [4.78, 5) is 32.1. The molecule has 1 saturated heterocycles. The second-order valence-corrected chi connectivity index (χ2v) is 9.95. The molecule has 4 heterocycles. The van der Waals surface area contributed by atoms with Gasteiger partial charge in [-0.1, -0.05) is 12.1 Å². The molecule has 9 nitrogen and oxygen atoms in total. The van der Waals surface area contributed by atoms with E-state index in [9.17, 15) is 9.90 Å². The van der Waals surface area contributed by atoms with Gasteiger partial charge in [0.15, 0.2) is 0 Å². The molecular weight excluding hydrogens is 504 g/mol. The van der Waals surface area contributed by atoms with Crippen LogP contribution in [0.25, 0.3) is 33.5 Å². The minimum Gasteiger partial charge on any atom is -0.507 e. The number of phenols is 1. The molecule has 0 atom stereocenters. The van der Waals surface area contributed by atoms with E-state index in [2.05, 4.69) is 30.2 Å². The molecule has 0 saturated carbocycles. The number of phenolic OH excluding ortho intramolecular Hbond substituents is 1. The van der Waals surface area contributed by atoms with E-state index < -0.39 is 0 Å². The van der Waals surface area contributed by atoms with Crippen molar-refractivity contribution < 1.29 is 14.6 Å². The average Bonchev–Trinajstić information content (AvgIpc) is 3.42. The number of rotatable bonds is 7. The lowest BCUT2D eigenvalue weighted by Crippen LogP contribution is -2.44. The third kappa shape index (κ3) is 5.37. The number of benzene rings is 2. The van der Waals surface area contributed by atoms with Gasteiger partial charge in [-0.3, -0.25) is 14.7 Å². The van der Waals surface area contributed by atoms with E-state index in [4.69, 9.17) is 4.74 Å². The Morgan fingerprint density at radius 2 is 1.88 bits per heavy atom. The average molecular weight is 535 g/mol. The number of carbonyl (C=O) groups excluding carboxylic acids is 1. The number of amides is 1. The number of carbonyl (C=O) groups is 1. The van der Waals surface area contributed by atoms with Crippen molar-refractivity contribution in [3.05, 3.63) is 90.4 Å². The summed E-state index contributed by atoms with van der Waals surface area (Å²) in [7, 11) is 1.58. The Balaban J connectivity index is 1.15. The summed E-state index contributed by atoms with van der Waals surface area (Å²) in [6.07, 6.45) is 5.28. The zero-order valence-corrected chi connectivity index (χ0v) is 22.2. The van der Waals surface area contributed by atoms with Crippen LogP contribution in [0.3, 0.4) is 0 Å². The maximum Gasteiger partial charge on any atom is 0.251 e. The monoisotopic (exact) mass is 534 g/mol. The molecule has 40 heavy (non-hydrogen) atoms. The number of methoxy groups -OCH3 is 1. The molecule has 2 aromatic carbocycles. The van der Waals surface area contributed by atoms with E-state index in [0.717, 1.165) is 54.8 Å². The Morgan fingerprint density at radius 3 is 2.67 bits per heavy atom. The second kappa shape index (κ2) is 11.2. The minimum atomic E-state index is -0.102. The van der Waals surface area contributed by atoms with E-state index in [1.165, 1.54) is 0 Å². The third-order valence-corrected chi connectivity index (χ3v) is 7.31. The number of pyridine rings is 2. The molecule has 0 bridgehead atoms. The van der Waals surface area contributed by atoms with Gasteiger partial charge in [0.05, 0.1) is 29.4 Å². The van der Waals surface area contributed by atoms with Crippen LogP contribution in [0.15, 0.2) is 79.1 Å². The van der Waals surface area contributed by atoms with E-state index in [-0.39, 0.29) is 17.7 Å². The Bertz CT molecular complexity index is 1640. The zero-order chi connectivity index (χ0) is 27.5. The third-order valence-electron chi connectivity index (χ3n) is 7.31. The first kappa shape index (κ1) is 25.5. The van der Waals surface area contributed by atoms with Crippen molar-refractivity contribution in [3.8, 4) is 34.1 Å². The Kier molecular flexibility index (Phi) is 7.11. The number of aromatic hydroxyl groups is 1. The molecule has 1 aliphatic rings. The molecule has 1 amide bonds. The van der Waals surface area contributed by atoms with Crippen molar-refractivity contribution in [1.29, 1.82) is 0 Å². The van der Waals surface area contributed by atoms with Crippen LogP contribution in [-0.4, -0.2) is 62.1 Å². The maximum atomic E-state index is 13.1. The van der Waals surface area contributed by atoms with Gasteiger partial charge < -0.3 is 20.1 Å². The Labute approximate surface area is 231 Å². The SMILES string of the molecule is COc1ncccc1-c1ccc(O)c(-c2nc3ccc(C(=O)NC4CCN(Cc5ccccn5)CC4)cc3[nH]2)c1. The lowest BCUT2D eigenvalue weighted by atomic mass is 10.0. The topological polar surface area (TPSA) is 116 Å². The molecule has 9 heteroatoms. The van der Waals surface area contributed by atoms with Crippen molar-refractivity contribution in [1.82, 2.24) is 30.2 Å². The molecule has 202 valence electrons. The largest absolute Gasteiger partial charge is 0.507 e. The first-order valence-corrected chi connectivity index (χ1v) is 13.3. The molecule has 5 aromatic rings. The van der Waals surface area contributed by atoms with Crippen LogP contribution < -0.4 is 10.1 Å². The molecule has 6 rings (SSSR count). The number of aromatic amines is 1. The zero-order valence-electron chi connectivity index (χ0n) is 22.2. The summed E-state index contributed by atoms with van der Waals surface area (Å²) in [5, 5.41) is 13.8. The smallest absolute Gasteiger partial charge is 0.251 e. The molecular formula is C31H30N6O3. The molecule has 3 N–H and O–H groups in total. The number of H-pyrrole nitrogens is 1. The summed E-state index contributed by atoms with van der Waals surface area (Å²) in [5.74, 6) is 1.00. The number of ether oxygens (including phenoxy) is 1. The van der Waals surface area contributed by atoms with Crippen LogP contribution in [0, 0.1) is 0 Å². The summed E-state index contributed by atoms with van der Waals surface area (Å²) < 4.78 is 5.40. The molecule has 0 unspecified atom stereocenters.